The molecule has 4 rings (SSSR count). The molecule has 0 aliphatic carbocycles. The Morgan fingerprint density at radius 2 is 1.79 bits per heavy atom. The lowest BCUT2D eigenvalue weighted by molar-refractivity contribution is 0.337. The van der Waals surface area contributed by atoms with E-state index in [-0.39, 0.29) is 0 Å². The van der Waals surface area contributed by atoms with Gasteiger partial charge in [0, 0.05) is 29.4 Å². The van der Waals surface area contributed by atoms with Crippen LogP contribution in [-0.4, -0.2) is 51.8 Å². The minimum absolute atomic E-state index is 0.344. The van der Waals surface area contributed by atoms with E-state index in [4.69, 9.17) is 0 Å². The van der Waals surface area contributed by atoms with Crippen molar-refractivity contribution in [3.05, 3.63) is 48.5 Å². The zero-order valence-electron chi connectivity index (χ0n) is 16.0. The molecule has 0 atom stereocenters. The highest BCUT2D eigenvalue weighted by Gasteiger charge is 2.29. The summed E-state index contributed by atoms with van der Waals surface area (Å²) in [5.74, 6) is 0.766. The van der Waals surface area contributed by atoms with E-state index >= 15 is 0 Å². The second-order valence-corrected chi connectivity index (χ2v) is 10.2. The van der Waals surface area contributed by atoms with Crippen LogP contribution in [0.3, 0.4) is 0 Å². The fraction of sp³-hybridized carbons (Fsp3) is 0.429. The van der Waals surface area contributed by atoms with Crippen LogP contribution in [0.4, 0.5) is 11.4 Å². The molecule has 1 N–H and O–H groups in total. The van der Waals surface area contributed by atoms with Crippen molar-refractivity contribution >= 4 is 33.2 Å². The van der Waals surface area contributed by atoms with E-state index in [1.807, 2.05) is 18.2 Å². The summed E-state index contributed by atoms with van der Waals surface area (Å²) in [7, 11) is -3.54. The number of likely N-dealkylation sites (tertiary alicyclic amines) is 1. The number of sulfonamides is 1. The smallest absolute Gasteiger partial charge is 0.264 e. The maximum Gasteiger partial charge on any atom is 0.264 e. The normalized spacial score (nSPS) is 17.5. The fourth-order valence-electron chi connectivity index (χ4n) is 3.81. The molecule has 1 fully saturated rings. The number of rotatable bonds is 7. The summed E-state index contributed by atoms with van der Waals surface area (Å²) < 4.78 is 27.9. The monoisotopic (exact) mass is 417 g/mol. The van der Waals surface area contributed by atoms with Crippen molar-refractivity contribution in [2.24, 2.45) is 0 Å². The molecule has 2 heterocycles. The number of nitrogens with zero attached hydrogens (tertiary/aromatic N) is 2. The molecule has 7 heteroatoms. The molecule has 2 aromatic rings. The Balaban J connectivity index is 1.47. The minimum atomic E-state index is -3.54. The summed E-state index contributed by atoms with van der Waals surface area (Å²) in [5.41, 5.74) is 1.76. The predicted octanol–water partition coefficient (Wildman–Crippen LogP) is 3.89. The number of fused-ring (bicyclic) bond motifs is 1. The van der Waals surface area contributed by atoms with Gasteiger partial charge in [-0.15, -0.1) is 11.8 Å². The first-order valence-electron chi connectivity index (χ1n) is 9.95. The van der Waals surface area contributed by atoms with E-state index in [2.05, 4.69) is 16.3 Å². The molecule has 2 aromatic carbocycles. The Bertz CT molecular complexity index is 897. The Hall–Kier alpha value is -1.70. The van der Waals surface area contributed by atoms with Gasteiger partial charge < -0.3 is 10.2 Å². The van der Waals surface area contributed by atoms with Crippen molar-refractivity contribution in [3.63, 3.8) is 0 Å². The van der Waals surface area contributed by atoms with E-state index in [1.54, 1.807) is 40.3 Å². The molecule has 0 saturated carbocycles. The highest BCUT2D eigenvalue weighted by molar-refractivity contribution is 8.00. The highest BCUT2D eigenvalue weighted by atomic mass is 32.2. The van der Waals surface area contributed by atoms with Crippen molar-refractivity contribution in [1.29, 1.82) is 0 Å². The SMILES string of the molecule is O=S(=O)(c1ccccc1)N1CCSc2ccc(NCCCN3CCCC3)cc21. The molecular weight excluding hydrogens is 390 g/mol. The average molecular weight is 418 g/mol. The number of hydrogen-bond donors (Lipinski definition) is 1. The number of benzene rings is 2. The third kappa shape index (κ3) is 4.31. The number of anilines is 2. The standard InChI is InChI=1S/C21H27N3O2S2/c25-28(26,19-7-2-1-3-8-19)24-15-16-27-21-10-9-18(17-20(21)24)22-11-6-14-23-12-4-5-13-23/h1-3,7-10,17,22H,4-6,11-16H2. The van der Waals surface area contributed by atoms with E-state index < -0.39 is 10.0 Å². The zero-order chi connectivity index (χ0) is 19.4. The van der Waals surface area contributed by atoms with Gasteiger partial charge in [-0.3, -0.25) is 4.31 Å². The van der Waals surface area contributed by atoms with Crippen LogP contribution in [0.1, 0.15) is 19.3 Å². The number of hydrogen-bond acceptors (Lipinski definition) is 5. The van der Waals surface area contributed by atoms with Gasteiger partial charge in [0.2, 0.25) is 0 Å². The summed E-state index contributed by atoms with van der Waals surface area (Å²) in [4.78, 5) is 3.88. The van der Waals surface area contributed by atoms with E-state index in [1.165, 1.54) is 25.9 Å². The van der Waals surface area contributed by atoms with Crippen LogP contribution >= 0.6 is 11.8 Å². The molecule has 0 unspecified atom stereocenters. The third-order valence-corrected chi connectivity index (χ3v) is 8.16. The maximum atomic E-state index is 13.2. The second kappa shape index (κ2) is 8.76. The van der Waals surface area contributed by atoms with Crippen LogP contribution < -0.4 is 9.62 Å². The van der Waals surface area contributed by atoms with Crippen LogP contribution in [0.2, 0.25) is 0 Å². The molecule has 150 valence electrons. The predicted molar refractivity (Wildman–Crippen MR) is 117 cm³/mol. The highest BCUT2D eigenvalue weighted by Crippen LogP contribution is 2.39. The van der Waals surface area contributed by atoms with Crippen LogP contribution in [0.25, 0.3) is 0 Å². The molecule has 0 spiro atoms. The lowest BCUT2D eigenvalue weighted by atomic mass is 10.2. The van der Waals surface area contributed by atoms with E-state index in [0.29, 0.717) is 11.4 Å². The van der Waals surface area contributed by atoms with Crippen molar-refractivity contribution in [3.8, 4) is 0 Å². The lowest BCUT2D eigenvalue weighted by Crippen LogP contribution is -2.35. The minimum Gasteiger partial charge on any atom is -0.385 e. The quantitative estimate of drug-likeness (QED) is 0.693. The first-order valence-corrected chi connectivity index (χ1v) is 12.4. The average Bonchev–Trinajstić information content (AvgIpc) is 3.25. The molecule has 5 nitrogen and oxygen atoms in total. The molecule has 0 bridgehead atoms. The topological polar surface area (TPSA) is 52.7 Å². The summed E-state index contributed by atoms with van der Waals surface area (Å²) in [6.45, 7) is 4.97. The lowest BCUT2D eigenvalue weighted by Gasteiger charge is -2.30. The summed E-state index contributed by atoms with van der Waals surface area (Å²) >= 11 is 1.72. The van der Waals surface area contributed by atoms with Gasteiger partial charge in [0.25, 0.3) is 10.0 Å². The number of thioether (sulfide) groups is 1. The van der Waals surface area contributed by atoms with E-state index in [0.717, 1.165) is 41.5 Å². The molecule has 2 aliphatic heterocycles. The van der Waals surface area contributed by atoms with Crippen molar-refractivity contribution in [2.75, 3.05) is 48.1 Å². The zero-order valence-corrected chi connectivity index (χ0v) is 17.6. The van der Waals surface area contributed by atoms with Crippen LogP contribution in [0.15, 0.2) is 58.3 Å². The molecule has 1 saturated heterocycles. The van der Waals surface area contributed by atoms with Crippen LogP contribution in [0.5, 0.6) is 0 Å². The molecule has 0 amide bonds. The molecule has 0 aromatic heterocycles. The van der Waals surface area contributed by atoms with Gasteiger partial charge in [-0.1, -0.05) is 18.2 Å². The largest absolute Gasteiger partial charge is 0.385 e. The summed E-state index contributed by atoms with van der Waals surface area (Å²) in [6, 6.07) is 14.8. The van der Waals surface area contributed by atoms with Crippen LogP contribution in [0, 0.1) is 0 Å². The molecular formula is C21H27N3O2S2. The van der Waals surface area contributed by atoms with Crippen molar-refractivity contribution < 1.29 is 8.42 Å². The Labute approximate surface area is 172 Å². The van der Waals surface area contributed by atoms with Gasteiger partial charge in [-0.2, -0.15) is 0 Å². The van der Waals surface area contributed by atoms with Crippen molar-refractivity contribution in [2.45, 2.75) is 29.1 Å². The first kappa shape index (κ1) is 19.6. The Morgan fingerprint density at radius 1 is 1.00 bits per heavy atom. The summed E-state index contributed by atoms with van der Waals surface area (Å²) in [6.07, 6.45) is 3.74. The first-order chi connectivity index (χ1) is 13.6. The third-order valence-electron chi connectivity index (χ3n) is 5.29. The van der Waals surface area contributed by atoms with E-state index in [9.17, 15) is 8.42 Å². The maximum absolute atomic E-state index is 13.2. The fourth-order valence-corrected chi connectivity index (χ4v) is 6.46. The molecule has 28 heavy (non-hydrogen) atoms. The number of nitrogens with one attached hydrogen (secondary N) is 1. The van der Waals surface area contributed by atoms with Gasteiger partial charge in [-0.05, 0) is 69.2 Å². The van der Waals surface area contributed by atoms with Gasteiger partial charge in [-0.25, -0.2) is 8.42 Å². The molecule has 2 aliphatic rings. The van der Waals surface area contributed by atoms with Gasteiger partial charge in [0.05, 0.1) is 10.6 Å². The Kier molecular flexibility index (Phi) is 6.13. The Morgan fingerprint density at radius 3 is 2.57 bits per heavy atom. The van der Waals surface area contributed by atoms with Gasteiger partial charge in [0.15, 0.2) is 0 Å². The second-order valence-electron chi connectivity index (χ2n) is 7.25. The molecule has 0 radical (unpaired) electrons. The van der Waals surface area contributed by atoms with Crippen molar-refractivity contribution in [1.82, 2.24) is 4.90 Å². The summed E-state index contributed by atoms with van der Waals surface area (Å²) in [5, 5.41) is 3.47. The van der Waals surface area contributed by atoms with Crippen LogP contribution in [-0.2, 0) is 10.0 Å². The van der Waals surface area contributed by atoms with Gasteiger partial charge >= 0.3 is 0 Å². The van der Waals surface area contributed by atoms with Gasteiger partial charge in [0.1, 0.15) is 0 Å².